The molecule has 1 rings (SSSR count). The number of halogens is 1. The minimum atomic E-state index is -0.0154. The maximum atomic E-state index is 12.1. The highest BCUT2D eigenvalue weighted by Crippen LogP contribution is 2.20. The molecular weight excluding hydrogens is 356 g/mol. The zero-order valence-electron chi connectivity index (χ0n) is 14.4. The van der Waals surface area contributed by atoms with Gasteiger partial charge in [0, 0.05) is 36.2 Å². The second-order valence-corrected chi connectivity index (χ2v) is 6.71. The van der Waals surface area contributed by atoms with Crippen molar-refractivity contribution >= 4 is 33.5 Å². The molecular formula is C17H27BrN4O. The molecule has 0 unspecified atom stereocenters. The number of nitrogens with zero attached hydrogens (tertiary/aromatic N) is 1. The number of carbonyl (C=O) groups excluding carboxylic acids is 1. The summed E-state index contributed by atoms with van der Waals surface area (Å²) < 4.78 is 0.951. The van der Waals surface area contributed by atoms with Crippen LogP contribution in [-0.2, 0) is 4.79 Å². The van der Waals surface area contributed by atoms with Crippen molar-refractivity contribution in [3.8, 4) is 0 Å². The number of guanidine groups is 1. The van der Waals surface area contributed by atoms with Gasteiger partial charge in [0.1, 0.15) is 0 Å². The third-order valence-electron chi connectivity index (χ3n) is 3.08. The van der Waals surface area contributed by atoms with Crippen LogP contribution in [0.1, 0.15) is 32.8 Å². The fourth-order valence-electron chi connectivity index (χ4n) is 1.85. The average molecular weight is 383 g/mol. The number of nitrogens with one attached hydrogen (secondary N) is 3. The lowest BCUT2D eigenvalue weighted by atomic mass is 10.2. The zero-order chi connectivity index (χ0) is 17.2. The van der Waals surface area contributed by atoms with Gasteiger partial charge in [-0.1, -0.05) is 35.8 Å². The van der Waals surface area contributed by atoms with Crippen LogP contribution >= 0.6 is 15.9 Å². The lowest BCUT2D eigenvalue weighted by Crippen LogP contribution is -2.39. The van der Waals surface area contributed by atoms with Crippen molar-refractivity contribution in [2.24, 2.45) is 10.9 Å². The van der Waals surface area contributed by atoms with Crippen LogP contribution in [0.2, 0.25) is 0 Å². The van der Waals surface area contributed by atoms with E-state index in [1.165, 1.54) is 0 Å². The SMILES string of the molecule is CCNC(=NCC(C)C)NCCC(=O)Nc1cc(Br)ccc1C. The fraction of sp³-hybridized carbons (Fsp3) is 0.529. The number of benzene rings is 1. The van der Waals surface area contributed by atoms with Gasteiger partial charge in [-0.3, -0.25) is 9.79 Å². The van der Waals surface area contributed by atoms with Gasteiger partial charge in [-0.25, -0.2) is 0 Å². The van der Waals surface area contributed by atoms with E-state index in [2.05, 4.69) is 50.7 Å². The van der Waals surface area contributed by atoms with Crippen LogP contribution < -0.4 is 16.0 Å². The Labute approximate surface area is 147 Å². The summed E-state index contributed by atoms with van der Waals surface area (Å²) in [7, 11) is 0. The molecule has 0 atom stereocenters. The van der Waals surface area contributed by atoms with E-state index in [1.807, 2.05) is 32.0 Å². The largest absolute Gasteiger partial charge is 0.357 e. The smallest absolute Gasteiger partial charge is 0.226 e. The van der Waals surface area contributed by atoms with E-state index in [4.69, 9.17) is 0 Å². The zero-order valence-corrected chi connectivity index (χ0v) is 16.0. The number of hydrogen-bond acceptors (Lipinski definition) is 2. The molecule has 0 aromatic heterocycles. The molecule has 0 bridgehead atoms. The summed E-state index contributed by atoms with van der Waals surface area (Å²) in [5.74, 6) is 1.25. The number of aliphatic imine (C=N–C) groups is 1. The van der Waals surface area contributed by atoms with Crippen LogP contribution in [0, 0.1) is 12.8 Å². The van der Waals surface area contributed by atoms with Crippen molar-refractivity contribution in [3.05, 3.63) is 28.2 Å². The van der Waals surface area contributed by atoms with E-state index >= 15 is 0 Å². The van der Waals surface area contributed by atoms with Crippen LogP contribution in [0.25, 0.3) is 0 Å². The van der Waals surface area contributed by atoms with Crippen LogP contribution in [0.15, 0.2) is 27.7 Å². The maximum Gasteiger partial charge on any atom is 0.226 e. The Morgan fingerprint density at radius 3 is 2.70 bits per heavy atom. The summed E-state index contributed by atoms with van der Waals surface area (Å²) in [6, 6.07) is 5.84. The molecule has 1 aromatic carbocycles. The molecule has 3 N–H and O–H groups in total. The van der Waals surface area contributed by atoms with Gasteiger partial charge in [0.25, 0.3) is 0 Å². The van der Waals surface area contributed by atoms with Crippen molar-refractivity contribution in [3.63, 3.8) is 0 Å². The highest BCUT2D eigenvalue weighted by molar-refractivity contribution is 9.10. The lowest BCUT2D eigenvalue weighted by Gasteiger charge is -2.12. The van der Waals surface area contributed by atoms with Gasteiger partial charge in [-0.2, -0.15) is 0 Å². The molecule has 128 valence electrons. The quantitative estimate of drug-likeness (QED) is 0.500. The van der Waals surface area contributed by atoms with Crippen molar-refractivity contribution in [1.82, 2.24) is 10.6 Å². The molecule has 5 nitrogen and oxygen atoms in total. The predicted molar refractivity (Wildman–Crippen MR) is 101 cm³/mol. The Balaban J connectivity index is 2.45. The van der Waals surface area contributed by atoms with Crippen molar-refractivity contribution < 1.29 is 4.79 Å². The van der Waals surface area contributed by atoms with Crippen molar-refractivity contribution in [2.45, 2.75) is 34.1 Å². The Hall–Kier alpha value is -1.56. The number of aryl methyl sites for hydroxylation is 1. The van der Waals surface area contributed by atoms with Crippen molar-refractivity contribution in [1.29, 1.82) is 0 Å². The number of carbonyl (C=O) groups is 1. The number of rotatable bonds is 7. The van der Waals surface area contributed by atoms with Crippen LogP contribution in [0.4, 0.5) is 5.69 Å². The van der Waals surface area contributed by atoms with Crippen molar-refractivity contribution in [2.75, 3.05) is 25.0 Å². The van der Waals surface area contributed by atoms with Gasteiger partial charge in [0.15, 0.2) is 5.96 Å². The van der Waals surface area contributed by atoms with Gasteiger partial charge in [-0.05, 0) is 37.5 Å². The van der Waals surface area contributed by atoms with Gasteiger partial charge < -0.3 is 16.0 Å². The molecule has 0 aliphatic carbocycles. The third-order valence-corrected chi connectivity index (χ3v) is 3.57. The normalized spacial score (nSPS) is 11.5. The molecule has 0 aliphatic heterocycles. The monoisotopic (exact) mass is 382 g/mol. The molecule has 0 fully saturated rings. The third kappa shape index (κ3) is 8.02. The first-order valence-electron chi connectivity index (χ1n) is 8.00. The van der Waals surface area contributed by atoms with E-state index in [-0.39, 0.29) is 5.91 Å². The molecule has 0 saturated carbocycles. The molecule has 1 aromatic rings. The standard InChI is InChI=1S/C17H27BrN4O/c1-5-19-17(21-11-12(2)3)20-9-8-16(23)22-15-10-14(18)7-6-13(15)4/h6-7,10,12H,5,8-9,11H2,1-4H3,(H,22,23)(H2,19,20,21). The fourth-order valence-corrected chi connectivity index (χ4v) is 2.21. The van der Waals surface area contributed by atoms with Gasteiger partial charge >= 0.3 is 0 Å². The maximum absolute atomic E-state index is 12.1. The molecule has 0 saturated heterocycles. The summed E-state index contributed by atoms with van der Waals surface area (Å²) in [6.07, 6.45) is 0.387. The molecule has 0 radical (unpaired) electrons. The Morgan fingerprint density at radius 2 is 2.04 bits per heavy atom. The van der Waals surface area contributed by atoms with Gasteiger partial charge in [0.2, 0.25) is 5.91 Å². The summed E-state index contributed by atoms with van der Waals surface area (Å²) in [6.45, 7) is 10.4. The number of hydrogen-bond donors (Lipinski definition) is 3. The van der Waals surface area contributed by atoms with Gasteiger partial charge in [-0.15, -0.1) is 0 Å². The Morgan fingerprint density at radius 1 is 1.30 bits per heavy atom. The summed E-state index contributed by atoms with van der Waals surface area (Å²) >= 11 is 3.42. The Bertz CT molecular complexity index is 543. The second-order valence-electron chi connectivity index (χ2n) is 5.80. The molecule has 6 heteroatoms. The Kier molecular flexibility index (Phi) is 8.69. The van der Waals surface area contributed by atoms with Crippen LogP contribution in [0.3, 0.4) is 0 Å². The first kappa shape index (κ1) is 19.5. The van der Waals surface area contributed by atoms with E-state index in [9.17, 15) is 4.79 Å². The van der Waals surface area contributed by atoms with E-state index in [0.29, 0.717) is 18.9 Å². The number of amides is 1. The first-order chi connectivity index (χ1) is 10.9. The van der Waals surface area contributed by atoms with E-state index in [0.717, 1.165) is 34.8 Å². The summed E-state index contributed by atoms with van der Waals surface area (Å²) in [5, 5.41) is 9.30. The highest BCUT2D eigenvalue weighted by atomic mass is 79.9. The van der Waals surface area contributed by atoms with E-state index in [1.54, 1.807) is 0 Å². The lowest BCUT2D eigenvalue weighted by molar-refractivity contribution is -0.116. The second kappa shape index (κ2) is 10.3. The molecule has 0 spiro atoms. The van der Waals surface area contributed by atoms with Gasteiger partial charge in [0.05, 0.1) is 0 Å². The molecule has 23 heavy (non-hydrogen) atoms. The summed E-state index contributed by atoms with van der Waals surface area (Å²) in [4.78, 5) is 16.5. The topological polar surface area (TPSA) is 65.5 Å². The average Bonchev–Trinajstić information content (AvgIpc) is 2.48. The molecule has 0 aliphatic rings. The molecule has 0 heterocycles. The van der Waals surface area contributed by atoms with Crippen LogP contribution in [-0.4, -0.2) is 31.5 Å². The minimum Gasteiger partial charge on any atom is -0.357 e. The predicted octanol–water partition coefficient (Wildman–Crippen LogP) is 3.30. The minimum absolute atomic E-state index is 0.0154. The first-order valence-corrected chi connectivity index (χ1v) is 8.79. The number of anilines is 1. The molecule has 1 amide bonds. The van der Waals surface area contributed by atoms with Crippen LogP contribution in [0.5, 0.6) is 0 Å². The highest BCUT2D eigenvalue weighted by Gasteiger charge is 2.06. The summed E-state index contributed by atoms with van der Waals surface area (Å²) in [5.41, 5.74) is 1.88. The van der Waals surface area contributed by atoms with E-state index < -0.39 is 0 Å².